The molecule has 2 aromatic carbocycles. The van der Waals surface area contributed by atoms with Gasteiger partial charge in [0.1, 0.15) is 11.1 Å². The Hall–Kier alpha value is -3.92. The smallest absolute Gasteiger partial charge is 0.351 e. The minimum absolute atomic E-state index is 0.276. The average Bonchev–Trinajstić information content (AvgIpc) is 2.67. The Morgan fingerprint density at radius 3 is 2.59 bits per heavy atom. The molecule has 3 aromatic rings. The van der Waals surface area contributed by atoms with Crippen molar-refractivity contribution in [3.8, 4) is 6.07 Å². The molecule has 0 saturated carbocycles. The van der Waals surface area contributed by atoms with E-state index in [1.54, 1.807) is 48.5 Å². The van der Waals surface area contributed by atoms with Crippen LogP contribution < -0.4 is 10.9 Å². The molecule has 0 aliphatic heterocycles. The van der Waals surface area contributed by atoms with E-state index in [-0.39, 0.29) is 12.0 Å². The second kappa shape index (κ2) is 7.97. The van der Waals surface area contributed by atoms with Crippen molar-refractivity contribution in [2.75, 3.05) is 11.9 Å². The van der Waals surface area contributed by atoms with E-state index in [2.05, 4.69) is 5.32 Å². The van der Waals surface area contributed by atoms with Gasteiger partial charge in [-0.1, -0.05) is 30.3 Å². The number of benzene rings is 2. The van der Waals surface area contributed by atoms with E-state index < -0.39 is 24.1 Å². The quantitative estimate of drug-likeness (QED) is 0.552. The first-order valence-corrected chi connectivity index (χ1v) is 8.02. The lowest BCUT2D eigenvalue weighted by atomic mass is 10.1. The van der Waals surface area contributed by atoms with Crippen molar-refractivity contribution in [2.45, 2.75) is 6.42 Å². The molecule has 0 atom stereocenters. The minimum atomic E-state index is -0.936. The van der Waals surface area contributed by atoms with Crippen LogP contribution in [0.4, 0.5) is 5.69 Å². The maximum absolute atomic E-state index is 12.1. The van der Waals surface area contributed by atoms with Crippen molar-refractivity contribution in [3.05, 3.63) is 76.1 Å². The summed E-state index contributed by atoms with van der Waals surface area (Å²) in [5, 5.41) is 11.8. The van der Waals surface area contributed by atoms with Crippen LogP contribution in [0.25, 0.3) is 11.0 Å². The number of amides is 1. The number of nitrogens with zero attached hydrogens (tertiary/aromatic N) is 1. The summed E-state index contributed by atoms with van der Waals surface area (Å²) in [5.41, 5.74) is 0.582. The second-order valence-corrected chi connectivity index (χ2v) is 5.64. The number of carbonyl (C=O) groups is 2. The Bertz CT molecular complexity index is 1090. The van der Waals surface area contributed by atoms with Crippen LogP contribution >= 0.6 is 0 Å². The van der Waals surface area contributed by atoms with Crippen molar-refractivity contribution < 1.29 is 18.7 Å². The fourth-order valence-electron chi connectivity index (χ4n) is 2.41. The van der Waals surface area contributed by atoms with Gasteiger partial charge in [0.25, 0.3) is 5.91 Å². The number of para-hydroxylation sites is 1. The highest BCUT2D eigenvalue weighted by atomic mass is 16.5. The maximum Gasteiger partial charge on any atom is 0.351 e. The summed E-state index contributed by atoms with van der Waals surface area (Å²) in [6.45, 7) is -0.551. The van der Waals surface area contributed by atoms with E-state index in [1.165, 1.54) is 6.07 Å². The Morgan fingerprint density at radius 1 is 1.11 bits per heavy atom. The summed E-state index contributed by atoms with van der Waals surface area (Å²) in [5.74, 6) is -1.49. The molecule has 0 aliphatic carbocycles. The summed E-state index contributed by atoms with van der Waals surface area (Å²) in [4.78, 5) is 35.9. The van der Waals surface area contributed by atoms with Gasteiger partial charge in [-0.3, -0.25) is 4.79 Å². The van der Waals surface area contributed by atoms with Gasteiger partial charge in [0, 0.05) is 11.1 Å². The van der Waals surface area contributed by atoms with E-state index in [0.717, 1.165) is 5.56 Å². The monoisotopic (exact) mass is 362 g/mol. The first-order valence-electron chi connectivity index (χ1n) is 8.02. The largest absolute Gasteiger partial charge is 0.452 e. The predicted octanol–water partition coefficient (Wildman–Crippen LogP) is 2.65. The highest BCUT2D eigenvalue weighted by molar-refractivity contribution is 5.96. The number of hydrogen-bond acceptors (Lipinski definition) is 6. The number of fused-ring (bicyclic) bond motifs is 1. The van der Waals surface area contributed by atoms with E-state index in [4.69, 9.17) is 14.4 Å². The van der Waals surface area contributed by atoms with Crippen LogP contribution in [0.15, 0.2) is 63.8 Å². The van der Waals surface area contributed by atoms with Gasteiger partial charge in [0.15, 0.2) is 6.61 Å². The van der Waals surface area contributed by atoms with Crippen LogP contribution in [0.3, 0.4) is 0 Å². The molecule has 1 N–H and O–H groups in total. The fraction of sp³-hybridized carbons (Fsp3) is 0.100. The van der Waals surface area contributed by atoms with Crippen molar-refractivity contribution in [3.63, 3.8) is 0 Å². The highest BCUT2D eigenvalue weighted by Gasteiger charge is 2.16. The number of nitriles is 1. The number of esters is 1. The molecule has 3 rings (SSSR count). The number of rotatable bonds is 5. The molecule has 0 saturated heterocycles. The molecule has 7 heteroatoms. The lowest BCUT2D eigenvalue weighted by Crippen LogP contribution is -2.23. The van der Waals surface area contributed by atoms with E-state index >= 15 is 0 Å². The van der Waals surface area contributed by atoms with Crippen LogP contribution in [0.1, 0.15) is 15.9 Å². The van der Waals surface area contributed by atoms with Crippen molar-refractivity contribution in [1.82, 2.24) is 0 Å². The molecule has 134 valence electrons. The molecule has 0 bridgehead atoms. The SMILES string of the molecule is N#CCc1ccc(NC(=O)COC(=O)c2cc3ccccc3oc2=O)cc1. The molecule has 0 radical (unpaired) electrons. The van der Waals surface area contributed by atoms with E-state index in [9.17, 15) is 14.4 Å². The predicted molar refractivity (Wildman–Crippen MR) is 97.2 cm³/mol. The summed E-state index contributed by atoms with van der Waals surface area (Å²) >= 11 is 0. The molecular formula is C20H14N2O5. The third-order valence-electron chi connectivity index (χ3n) is 3.72. The molecule has 27 heavy (non-hydrogen) atoms. The molecule has 0 spiro atoms. The molecular weight excluding hydrogens is 348 g/mol. The van der Waals surface area contributed by atoms with Gasteiger partial charge in [-0.25, -0.2) is 9.59 Å². The third kappa shape index (κ3) is 4.38. The molecule has 1 heterocycles. The Balaban J connectivity index is 1.62. The molecule has 0 fully saturated rings. The topological polar surface area (TPSA) is 109 Å². The van der Waals surface area contributed by atoms with Gasteiger partial charge < -0.3 is 14.5 Å². The zero-order valence-electron chi connectivity index (χ0n) is 14.1. The van der Waals surface area contributed by atoms with Gasteiger partial charge in [0.05, 0.1) is 12.5 Å². The second-order valence-electron chi connectivity index (χ2n) is 5.64. The summed E-state index contributed by atoms with van der Waals surface area (Å²) in [6.07, 6.45) is 0.278. The zero-order chi connectivity index (χ0) is 19.2. The Morgan fingerprint density at radius 2 is 1.85 bits per heavy atom. The van der Waals surface area contributed by atoms with Crippen molar-refractivity contribution in [1.29, 1.82) is 5.26 Å². The standard InChI is InChI=1S/C20H14N2O5/c21-10-9-13-5-7-15(8-6-13)22-18(23)12-26-19(24)16-11-14-3-1-2-4-17(14)27-20(16)25/h1-8,11H,9,12H2,(H,22,23). The average molecular weight is 362 g/mol. The Kier molecular flexibility index (Phi) is 5.28. The van der Waals surface area contributed by atoms with Crippen LogP contribution in [0.5, 0.6) is 0 Å². The maximum atomic E-state index is 12.1. The first-order chi connectivity index (χ1) is 13.1. The van der Waals surface area contributed by atoms with Gasteiger partial charge >= 0.3 is 11.6 Å². The Labute approximate surface area is 153 Å². The molecule has 7 nitrogen and oxygen atoms in total. The van der Waals surface area contributed by atoms with Crippen LogP contribution in [0.2, 0.25) is 0 Å². The van der Waals surface area contributed by atoms with Crippen LogP contribution in [-0.2, 0) is 16.0 Å². The first kappa shape index (κ1) is 17.9. The van der Waals surface area contributed by atoms with Crippen LogP contribution in [-0.4, -0.2) is 18.5 Å². The molecule has 1 amide bonds. The minimum Gasteiger partial charge on any atom is -0.452 e. The fourth-order valence-corrected chi connectivity index (χ4v) is 2.41. The van der Waals surface area contributed by atoms with Gasteiger partial charge in [0.2, 0.25) is 0 Å². The van der Waals surface area contributed by atoms with Gasteiger partial charge in [-0.05, 0) is 29.8 Å². The molecule has 1 aromatic heterocycles. The number of anilines is 1. The molecule has 0 aliphatic rings. The van der Waals surface area contributed by atoms with Gasteiger partial charge in [-0.15, -0.1) is 0 Å². The third-order valence-corrected chi connectivity index (χ3v) is 3.72. The number of ether oxygens (including phenoxy) is 1. The lowest BCUT2D eigenvalue weighted by Gasteiger charge is -2.07. The molecule has 0 unspecified atom stereocenters. The van der Waals surface area contributed by atoms with Crippen molar-refractivity contribution >= 4 is 28.5 Å². The van der Waals surface area contributed by atoms with E-state index in [1.807, 2.05) is 6.07 Å². The van der Waals surface area contributed by atoms with E-state index in [0.29, 0.717) is 16.7 Å². The summed E-state index contributed by atoms with van der Waals surface area (Å²) in [6, 6.07) is 16.9. The van der Waals surface area contributed by atoms with Crippen LogP contribution in [0, 0.1) is 11.3 Å². The lowest BCUT2D eigenvalue weighted by molar-refractivity contribution is -0.119. The normalized spacial score (nSPS) is 10.2. The van der Waals surface area contributed by atoms with Gasteiger partial charge in [-0.2, -0.15) is 5.26 Å². The number of carbonyl (C=O) groups excluding carboxylic acids is 2. The number of nitrogens with one attached hydrogen (secondary N) is 1. The zero-order valence-corrected chi connectivity index (χ0v) is 14.1. The van der Waals surface area contributed by atoms with Crippen molar-refractivity contribution in [2.24, 2.45) is 0 Å². The summed E-state index contributed by atoms with van der Waals surface area (Å²) < 4.78 is 9.97. The number of hydrogen-bond donors (Lipinski definition) is 1. The summed E-state index contributed by atoms with van der Waals surface area (Å²) in [7, 11) is 0. The highest BCUT2D eigenvalue weighted by Crippen LogP contribution is 2.13.